The number of nitrogens with zero attached hydrogens (tertiary/aromatic N) is 2. The molecule has 2 amide bonds. The summed E-state index contributed by atoms with van der Waals surface area (Å²) in [6, 6.07) is 15.9. The maximum Gasteiger partial charge on any atom is 0.264 e. The van der Waals surface area contributed by atoms with E-state index in [2.05, 4.69) is 17.5 Å². The molecule has 0 bridgehead atoms. The van der Waals surface area contributed by atoms with Crippen LogP contribution in [0.1, 0.15) is 73.8 Å². The van der Waals surface area contributed by atoms with E-state index < -0.39 is 11.5 Å². The van der Waals surface area contributed by atoms with Gasteiger partial charge in [-0.3, -0.25) is 9.59 Å². The average molecular weight is 520 g/mol. The predicted molar refractivity (Wildman–Crippen MR) is 151 cm³/mol. The molecule has 0 radical (unpaired) electrons. The summed E-state index contributed by atoms with van der Waals surface area (Å²) in [5.41, 5.74) is 1.42. The smallest absolute Gasteiger partial charge is 0.264 e. The maximum absolute atomic E-state index is 14.1. The number of hydrogen-bond donors (Lipinski definition) is 2. The van der Waals surface area contributed by atoms with Crippen molar-refractivity contribution in [3.8, 4) is 6.07 Å². The van der Waals surface area contributed by atoms with Gasteiger partial charge in [0.1, 0.15) is 11.1 Å². The summed E-state index contributed by atoms with van der Waals surface area (Å²) in [5, 5.41) is 25.7. The fourth-order valence-corrected chi connectivity index (χ4v) is 5.76. The van der Waals surface area contributed by atoms with Crippen LogP contribution in [0.4, 0.5) is 5.00 Å². The topological polar surface area (TPSA) is 93.4 Å². The average Bonchev–Trinajstić information content (AvgIpc) is 3.17. The molecule has 0 spiro atoms. The largest absolute Gasteiger partial charge is 0.394 e. The number of carbonyl (C=O) groups is 2. The second kappa shape index (κ2) is 11.9. The molecule has 0 saturated heterocycles. The third-order valence-electron chi connectivity index (χ3n) is 7.02. The van der Waals surface area contributed by atoms with Crippen LogP contribution in [0.3, 0.4) is 0 Å². The van der Waals surface area contributed by atoms with Gasteiger partial charge in [-0.25, -0.2) is 0 Å². The number of fused-ring (bicyclic) bond motifs is 1. The van der Waals surface area contributed by atoms with E-state index >= 15 is 0 Å². The minimum Gasteiger partial charge on any atom is -0.394 e. The van der Waals surface area contributed by atoms with Crippen LogP contribution in [0.2, 0.25) is 0 Å². The van der Waals surface area contributed by atoms with Crippen molar-refractivity contribution < 1.29 is 14.7 Å². The summed E-state index contributed by atoms with van der Waals surface area (Å²) in [7, 11) is 0. The Hall–Kier alpha value is -3.21. The monoisotopic (exact) mass is 519 g/mol. The van der Waals surface area contributed by atoms with Gasteiger partial charge in [0.05, 0.1) is 23.1 Å². The molecule has 6 nitrogen and oxygen atoms in total. The highest BCUT2D eigenvalue weighted by Crippen LogP contribution is 2.36. The third-order valence-corrected chi connectivity index (χ3v) is 8.22. The molecule has 2 N–H and O–H groups in total. The second-order valence-corrected chi connectivity index (χ2v) is 11.6. The number of aliphatic hydroxyl groups is 1. The first-order chi connectivity index (χ1) is 17.5. The fourth-order valence-electron chi connectivity index (χ4n) is 4.64. The van der Waals surface area contributed by atoms with Gasteiger partial charge in [-0.15, -0.1) is 11.3 Å². The van der Waals surface area contributed by atoms with Gasteiger partial charge in [0, 0.05) is 12.5 Å². The lowest BCUT2D eigenvalue weighted by Crippen LogP contribution is -2.49. The third kappa shape index (κ3) is 6.20. The molecule has 0 aliphatic heterocycles. The molecule has 0 fully saturated rings. The zero-order chi connectivity index (χ0) is 27.3. The SMILES string of the molecule is CCC(CC)C(=O)Nc1sc(C(=O)N(Cc2ccc3ccccc3c2)C(CO)C(C)(C)C)c(C)c1C#N. The van der Waals surface area contributed by atoms with E-state index in [1.807, 2.05) is 71.0 Å². The van der Waals surface area contributed by atoms with Crippen molar-refractivity contribution >= 4 is 38.9 Å². The minimum atomic E-state index is -0.457. The number of nitriles is 1. The van der Waals surface area contributed by atoms with Crippen LogP contribution in [0, 0.1) is 29.6 Å². The normalized spacial score (nSPS) is 12.4. The molecule has 1 unspecified atom stereocenters. The van der Waals surface area contributed by atoms with Crippen molar-refractivity contribution in [1.29, 1.82) is 5.26 Å². The Balaban J connectivity index is 2.04. The minimum absolute atomic E-state index is 0.141. The van der Waals surface area contributed by atoms with E-state index in [4.69, 9.17) is 0 Å². The highest BCUT2D eigenvalue weighted by molar-refractivity contribution is 7.18. The number of aliphatic hydroxyl groups excluding tert-OH is 1. The van der Waals surface area contributed by atoms with Crippen molar-refractivity contribution in [2.75, 3.05) is 11.9 Å². The molecule has 0 saturated carbocycles. The Morgan fingerprint density at radius 3 is 2.32 bits per heavy atom. The van der Waals surface area contributed by atoms with Crippen molar-refractivity contribution in [2.45, 2.75) is 67.0 Å². The summed E-state index contributed by atoms with van der Waals surface area (Å²) < 4.78 is 0. The first kappa shape index (κ1) is 28.4. The molecule has 1 aromatic heterocycles. The predicted octanol–water partition coefficient (Wildman–Crippen LogP) is 6.51. The van der Waals surface area contributed by atoms with E-state index in [1.54, 1.807) is 11.8 Å². The molecular formula is C30H37N3O3S. The van der Waals surface area contributed by atoms with Crippen LogP contribution in [0.5, 0.6) is 0 Å². The molecular weight excluding hydrogens is 482 g/mol. The Labute approximate surface area is 223 Å². The first-order valence-corrected chi connectivity index (χ1v) is 13.6. The van der Waals surface area contributed by atoms with E-state index in [9.17, 15) is 20.0 Å². The number of amides is 2. The number of benzene rings is 2. The van der Waals surface area contributed by atoms with E-state index in [0.29, 0.717) is 40.4 Å². The second-order valence-electron chi connectivity index (χ2n) is 10.6. The Morgan fingerprint density at radius 2 is 1.76 bits per heavy atom. The van der Waals surface area contributed by atoms with E-state index in [1.165, 1.54) is 0 Å². The van der Waals surface area contributed by atoms with Crippen LogP contribution in [0.25, 0.3) is 10.8 Å². The van der Waals surface area contributed by atoms with Crippen LogP contribution < -0.4 is 5.32 Å². The van der Waals surface area contributed by atoms with Crippen molar-refractivity contribution in [2.24, 2.45) is 11.3 Å². The lowest BCUT2D eigenvalue weighted by Gasteiger charge is -2.39. The lowest BCUT2D eigenvalue weighted by molar-refractivity contribution is -0.120. The summed E-state index contributed by atoms with van der Waals surface area (Å²) in [5.74, 6) is -0.556. The van der Waals surface area contributed by atoms with Gasteiger partial charge in [-0.2, -0.15) is 5.26 Å². The maximum atomic E-state index is 14.1. The van der Waals surface area contributed by atoms with Gasteiger partial charge in [-0.05, 0) is 53.1 Å². The number of thiophene rings is 1. The first-order valence-electron chi connectivity index (χ1n) is 12.8. The molecule has 3 rings (SSSR count). The van der Waals surface area contributed by atoms with Gasteiger partial charge >= 0.3 is 0 Å². The number of hydrogen-bond acceptors (Lipinski definition) is 5. The molecule has 0 aliphatic carbocycles. The molecule has 196 valence electrons. The summed E-state index contributed by atoms with van der Waals surface area (Å²) in [6.45, 7) is 11.8. The lowest BCUT2D eigenvalue weighted by atomic mass is 9.85. The number of anilines is 1. The van der Waals surface area contributed by atoms with E-state index in [0.717, 1.165) is 27.7 Å². The van der Waals surface area contributed by atoms with Gasteiger partial charge in [0.25, 0.3) is 5.91 Å². The molecule has 7 heteroatoms. The van der Waals surface area contributed by atoms with E-state index in [-0.39, 0.29) is 24.3 Å². The van der Waals surface area contributed by atoms with Crippen LogP contribution in [0.15, 0.2) is 42.5 Å². The van der Waals surface area contributed by atoms with Gasteiger partial charge < -0.3 is 15.3 Å². The molecule has 1 atom stereocenters. The standard InChI is InChI=1S/C30H37N3O3S/c1-7-21(8-2)27(35)32-28-24(16-31)19(3)26(37-28)29(36)33(25(18-34)30(4,5)6)17-20-13-14-22-11-9-10-12-23(22)15-20/h9-15,21,25,34H,7-8,17-18H2,1-6H3,(H,32,35). The number of rotatable bonds is 9. The van der Waals surface area contributed by atoms with Gasteiger partial charge in [0.2, 0.25) is 5.91 Å². The van der Waals surface area contributed by atoms with Gasteiger partial charge in [0.15, 0.2) is 0 Å². The fraction of sp³-hybridized carbons (Fsp3) is 0.433. The highest BCUT2D eigenvalue weighted by Gasteiger charge is 2.35. The summed E-state index contributed by atoms with van der Waals surface area (Å²) in [6.07, 6.45) is 1.40. The number of carbonyl (C=O) groups excluding carboxylic acids is 2. The summed E-state index contributed by atoms with van der Waals surface area (Å²) >= 11 is 1.14. The zero-order valence-electron chi connectivity index (χ0n) is 22.6. The molecule has 0 aliphatic rings. The van der Waals surface area contributed by atoms with Crippen LogP contribution >= 0.6 is 11.3 Å². The highest BCUT2D eigenvalue weighted by atomic mass is 32.1. The zero-order valence-corrected chi connectivity index (χ0v) is 23.4. The quantitative estimate of drug-likeness (QED) is 0.337. The number of nitrogens with one attached hydrogen (secondary N) is 1. The van der Waals surface area contributed by atoms with Crippen LogP contribution in [-0.2, 0) is 11.3 Å². The Morgan fingerprint density at radius 1 is 1.11 bits per heavy atom. The Kier molecular flexibility index (Phi) is 9.12. The van der Waals surface area contributed by atoms with Crippen molar-refractivity contribution in [1.82, 2.24) is 4.90 Å². The molecule has 2 aromatic carbocycles. The Bertz CT molecular complexity index is 1310. The molecule has 37 heavy (non-hydrogen) atoms. The molecule has 3 aromatic rings. The van der Waals surface area contributed by atoms with Crippen molar-refractivity contribution in [3.63, 3.8) is 0 Å². The molecule has 1 heterocycles. The summed E-state index contributed by atoms with van der Waals surface area (Å²) in [4.78, 5) is 29.0. The van der Waals surface area contributed by atoms with Gasteiger partial charge in [-0.1, -0.05) is 71.0 Å². The van der Waals surface area contributed by atoms with Crippen LogP contribution in [-0.4, -0.2) is 34.5 Å². The van der Waals surface area contributed by atoms with Crippen molar-refractivity contribution in [3.05, 3.63) is 64.0 Å².